The Morgan fingerprint density at radius 1 is 1.25 bits per heavy atom. The van der Waals surface area contributed by atoms with Crippen LogP contribution in [0.1, 0.15) is 50.2 Å². The SMILES string of the molecule is Cc1cc(NC(=O)c2ccccc2Cl)sc1C(=O)N1CCCC1c1ccc[nH]1. The Morgan fingerprint density at radius 2 is 2.07 bits per heavy atom. The minimum absolute atomic E-state index is 0.0119. The van der Waals surface area contributed by atoms with E-state index >= 15 is 0 Å². The number of nitrogens with one attached hydrogen (secondary N) is 2. The molecular weight excluding hydrogens is 394 g/mol. The smallest absolute Gasteiger partial charge is 0.264 e. The first kappa shape index (κ1) is 18.8. The van der Waals surface area contributed by atoms with Crippen molar-refractivity contribution in [2.75, 3.05) is 11.9 Å². The predicted molar refractivity (Wildman–Crippen MR) is 112 cm³/mol. The number of aromatic amines is 1. The minimum Gasteiger partial charge on any atom is -0.363 e. The van der Waals surface area contributed by atoms with Crippen molar-refractivity contribution in [2.45, 2.75) is 25.8 Å². The van der Waals surface area contributed by atoms with Crippen LogP contribution < -0.4 is 5.32 Å². The zero-order valence-corrected chi connectivity index (χ0v) is 16.9. The quantitative estimate of drug-likeness (QED) is 0.612. The van der Waals surface area contributed by atoms with Crippen molar-refractivity contribution < 1.29 is 9.59 Å². The van der Waals surface area contributed by atoms with Gasteiger partial charge in [-0.2, -0.15) is 0 Å². The molecule has 2 amide bonds. The minimum atomic E-state index is -0.281. The molecule has 3 aromatic rings. The first-order valence-corrected chi connectivity index (χ1v) is 10.3. The number of carbonyl (C=O) groups excluding carboxylic acids is 2. The van der Waals surface area contributed by atoms with Gasteiger partial charge in [0.15, 0.2) is 0 Å². The molecule has 28 heavy (non-hydrogen) atoms. The van der Waals surface area contributed by atoms with Gasteiger partial charge >= 0.3 is 0 Å². The van der Waals surface area contributed by atoms with Gasteiger partial charge in [0.05, 0.1) is 26.5 Å². The number of H-pyrrole nitrogens is 1. The molecule has 0 saturated carbocycles. The van der Waals surface area contributed by atoms with Crippen molar-refractivity contribution in [3.05, 3.63) is 75.4 Å². The van der Waals surface area contributed by atoms with Crippen LogP contribution in [0.5, 0.6) is 0 Å². The third-order valence-electron chi connectivity index (χ3n) is 4.96. The van der Waals surface area contributed by atoms with Crippen LogP contribution in [-0.2, 0) is 0 Å². The fourth-order valence-electron chi connectivity index (χ4n) is 3.60. The van der Waals surface area contributed by atoms with Crippen molar-refractivity contribution in [1.29, 1.82) is 0 Å². The Hall–Kier alpha value is -2.57. The highest BCUT2D eigenvalue weighted by Gasteiger charge is 2.32. The molecule has 1 fully saturated rings. The molecule has 0 radical (unpaired) electrons. The van der Waals surface area contributed by atoms with Crippen LogP contribution >= 0.6 is 22.9 Å². The molecule has 4 rings (SSSR count). The van der Waals surface area contributed by atoms with E-state index < -0.39 is 0 Å². The summed E-state index contributed by atoms with van der Waals surface area (Å²) >= 11 is 7.41. The van der Waals surface area contributed by atoms with Gasteiger partial charge in [0, 0.05) is 18.4 Å². The van der Waals surface area contributed by atoms with Gasteiger partial charge < -0.3 is 15.2 Å². The number of aromatic nitrogens is 1. The van der Waals surface area contributed by atoms with E-state index in [4.69, 9.17) is 11.6 Å². The second-order valence-corrected chi connectivity index (χ2v) is 8.30. The molecule has 1 saturated heterocycles. The molecule has 2 N–H and O–H groups in total. The van der Waals surface area contributed by atoms with Crippen molar-refractivity contribution in [3.63, 3.8) is 0 Å². The number of halogens is 1. The molecule has 1 aromatic carbocycles. The van der Waals surface area contributed by atoms with Crippen molar-refractivity contribution >= 4 is 39.8 Å². The number of hydrogen-bond donors (Lipinski definition) is 2. The molecule has 0 bridgehead atoms. The summed E-state index contributed by atoms with van der Waals surface area (Å²) in [6, 6.07) is 12.8. The summed E-state index contributed by atoms with van der Waals surface area (Å²) in [5, 5.41) is 3.90. The van der Waals surface area contributed by atoms with Crippen LogP contribution in [0.25, 0.3) is 0 Å². The van der Waals surface area contributed by atoms with E-state index in [0.717, 1.165) is 30.6 Å². The van der Waals surface area contributed by atoms with Gasteiger partial charge in [-0.1, -0.05) is 23.7 Å². The van der Waals surface area contributed by atoms with Gasteiger partial charge in [-0.15, -0.1) is 11.3 Å². The third-order valence-corrected chi connectivity index (χ3v) is 6.43. The van der Waals surface area contributed by atoms with E-state index in [0.29, 0.717) is 20.5 Å². The van der Waals surface area contributed by atoms with Gasteiger partial charge in [0.25, 0.3) is 11.8 Å². The van der Waals surface area contributed by atoms with E-state index in [-0.39, 0.29) is 17.9 Å². The molecule has 1 aliphatic heterocycles. The summed E-state index contributed by atoms with van der Waals surface area (Å²) in [4.78, 5) is 31.5. The number of nitrogens with zero attached hydrogens (tertiary/aromatic N) is 1. The highest BCUT2D eigenvalue weighted by atomic mass is 35.5. The Balaban J connectivity index is 1.53. The normalized spacial score (nSPS) is 16.4. The second kappa shape index (κ2) is 7.81. The van der Waals surface area contributed by atoms with Gasteiger partial charge in [-0.3, -0.25) is 9.59 Å². The Bertz CT molecular complexity index is 1010. The van der Waals surface area contributed by atoms with Crippen molar-refractivity contribution in [2.24, 2.45) is 0 Å². The van der Waals surface area contributed by atoms with Crippen LogP contribution in [-0.4, -0.2) is 28.2 Å². The first-order chi connectivity index (χ1) is 13.5. The summed E-state index contributed by atoms with van der Waals surface area (Å²) in [6.45, 7) is 2.63. The lowest BCUT2D eigenvalue weighted by Crippen LogP contribution is -2.30. The molecule has 2 aromatic heterocycles. The van der Waals surface area contributed by atoms with Crippen LogP contribution in [0.15, 0.2) is 48.7 Å². The molecule has 144 valence electrons. The monoisotopic (exact) mass is 413 g/mol. The molecule has 7 heteroatoms. The maximum Gasteiger partial charge on any atom is 0.264 e. The zero-order valence-electron chi connectivity index (χ0n) is 15.4. The standard InChI is InChI=1S/C21H20ClN3O2S/c1-13-12-18(24-20(26)14-6-2-3-7-15(14)22)28-19(13)21(27)25-11-5-9-17(25)16-8-4-10-23-16/h2-4,6-8,10,12,17,23H,5,9,11H2,1H3,(H,24,26). The average Bonchev–Trinajstić information content (AvgIpc) is 3.42. The number of aryl methyl sites for hydroxylation is 1. The molecule has 0 aliphatic carbocycles. The number of hydrogen-bond acceptors (Lipinski definition) is 3. The van der Waals surface area contributed by atoms with Crippen LogP contribution in [0.3, 0.4) is 0 Å². The fraction of sp³-hybridized carbons (Fsp3) is 0.238. The molecule has 0 spiro atoms. The molecule has 1 unspecified atom stereocenters. The van der Waals surface area contributed by atoms with Gasteiger partial charge in [0.1, 0.15) is 0 Å². The Kier molecular flexibility index (Phi) is 5.24. The second-order valence-electron chi connectivity index (χ2n) is 6.84. The summed E-state index contributed by atoms with van der Waals surface area (Å²) in [6.07, 6.45) is 3.82. The van der Waals surface area contributed by atoms with Crippen LogP contribution in [0, 0.1) is 6.92 Å². The van der Waals surface area contributed by atoms with Crippen molar-refractivity contribution in [1.82, 2.24) is 9.88 Å². The number of amides is 2. The molecular formula is C21H20ClN3O2S. The number of anilines is 1. The summed E-state index contributed by atoms with van der Waals surface area (Å²) in [5.74, 6) is -0.269. The summed E-state index contributed by atoms with van der Waals surface area (Å²) in [5.41, 5.74) is 2.34. The number of rotatable bonds is 4. The number of thiophene rings is 1. The third kappa shape index (κ3) is 3.57. The highest BCUT2D eigenvalue weighted by Crippen LogP contribution is 2.35. The van der Waals surface area contributed by atoms with Crippen LogP contribution in [0.2, 0.25) is 5.02 Å². The molecule has 3 heterocycles. The van der Waals surface area contributed by atoms with E-state index in [2.05, 4.69) is 10.3 Å². The summed E-state index contributed by atoms with van der Waals surface area (Å²) < 4.78 is 0. The molecule has 5 nitrogen and oxygen atoms in total. The van der Waals surface area contributed by atoms with Gasteiger partial charge in [-0.25, -0.2) is 0 Å². The Morgan fingerprint density at radius 3 is 2.82 bits per heavy atom. The zero-order chi connectivity index (χ0) is 19.7. The summed E-state index contributed by atoms with van der Waals surface area (Å²) in [7, 11) is 0. The number of likely N-dealkylation sites (tertiary alicyclic amines) is 1. The topological polar surface area (TPSA) is 65.2 Å². The van der Waals surface area contributed by atoms with Gasteiger partial charge in [0.2, 0.25) is 0 Å². The van der Waals surface area contributed by atoms with Crippen LogP contribution in [0.4, 0.5) is 5.00 Å². The number of carbonyl (C=O) groups is 2. The van der Waals surface area contributed by atoms with Crippen molar-refractivity contribution in [3.8, 4) is 0 Å². The van der Waals surface area contributed by atoms with E-state index in [1.807, 2.05) is 36.2 Å². The largest absolute Gasteiger partial charge is 0.363 e. The maximum atomic E-state index is 13.2. The maximum absolute atomic E-state index is 13.2. The lowest BCUT2D eigenvalue weighted by Gasteiger charge is -2.23. The van der Waals surface area contributed by atoms with E-state index in [1.165, 1.54) is 11.3 Å². The Labute approximate surface area is 172 Å². The first-order valence-electron chi connectivity index (χ1n) is 9.15. The molecule has 1 aliphatic rings. The van der Waals surface area contributed by atoms with E-state index in [9.17, 15) is 9.59 Å². The molecule has 1 atom stereocenters. The lowest BCUT2D eigenvalue weighted by atomic mass is 10.1. The predicted octanol–water partition coefficient (Wildman–Crippen LogP) is 5.27. The lowest BCUT2D eigenvalue weighted by molar-refractivity contribution is 0.0737. The number of benzene rings is 1. The van der Waals surface area contributed by atoms with Gasteiger partial charge in [-0.05, 0) is 55.7 Å². The average molecular weight is 414 g/mol. The fourth-order valence-corrected chi connectivity index (χ4v) is 4.84. The highest BCUT2D eigenvalue weighted by molar-refractivity contribution is 7.18. The van der Waals surface area contributed by atoms with E-state index in [1.54, 1.807) is 24.3 Å².